The van der Waals surface area contributed by atoms with Gasteiger partial charge in [-0.3, -0.25) is 4.79 Å². The first kappa shape index (κ1) is 14.4. The van der Waals surface area contributed by atoms with Crippen LogP contribution in [0.5, 0.6) is 0 Å². The largest absolute Gasteiger partial charge is 0.480 e. The molecule has 20 heavy (non-hydrogen) atoms. The Hall–Kier alpha value is -1.98. The predicted molar refractivity (Wildman–Crippen MR) is 67.1 cm³/mol. The Morgan fingerprint density at radius 2 is 2.00 bits per heavy atom. The third-order valence-corrected chi connectivity index (χ3v) is 3.48. The van der Waals surface area contributed by atoms with Crippen LogP contribution in [0.25, 0.3) is 0 Å². The van der Waals surface area contributed by atoms with E-state index in [2.05, 4.69) is 5.32 Å². The van der Waals surface area contributed by atoms with Gasteiger partial charge in [0.25, 0.3) is 0 Å². The lowest BCUT2D eigenvalue weighted by atomic mass is 10.0. The van der Waals surface area contributed by atoms with Gasteiger partial charge in [0.15, 0.2) is 11.6 Å². The summed E-state index contributed by atoms with van der Waals surface area (Å²) in [5.41, 5.74) is -1.22. The molecule has 1 saturated carbocycles. The van der Waals surface area contributed by atoms with Gasteiger partial charge in [-0.25, -0.2) is 13.6 Å². The molecule has 0 aliphatic heterocycles. The summed E-state index contributed by atoms with van der Waals surface area (Å²) in [7, 11) is 0. The summed E-state index contributed by atoms with van der Waals surface area (Å²) in [5, 5.41) is 11.3. The van der Waals surface area contributed by atoms with Crippen LogP contribution in [-0.2, 0) is 9.59 Å². The van der Waals surface area contributed by atoms with E-state index in [0.29, 0.717) is 6.42 Å². The first-order valence-electron chi connectivity index (χ1n) is 6.23. The lowest BCUT2D eigenvalue weighted by Gasteiger charge is -2.21. The first-order chi connectivity index (χ1) is 9.24. The molecule has 108 valence electrons. The molecule has 4 nitrogen and oxygen atoms in total. The van der Waals surface area contributed by atoms with E-state index < -0.39 is 40.9 Å². The summed E-state index contributed by atoms with van der Waals surface area (Å²) in [5.74, 6) is -4.39. The van der Waals surface area contributed by atoms with Crippen LogP contribution >= 0.6 is 0 Å². The summed E-state index contributed by atoms with van der Waals surface area (Å²) >= 11 is 0. The molecule has 1 aliphatic rings. The van der Waals surface area contributed by atoms with Crippen molar-refractivity contribution in [3.8, 4) is 0 Å². The van der Waals surface area contributed by atoms with E-state index in [-0.39, 0.29) is 5.56 Å². The molecule has 2 rings (SSSR count). The van der Waals surface area contributed by atoms with Gasteiger partial charge in [0.2, 0.25) is 5.91 Å². The van der Waals surface area contributed by atoms with E-state index in [1.165, 1.54) is 26.0 Å². The van der Waals surface area contributed by atoms with Crippen LogP contribution in [0.3, 0.4) is 0 Å². The van der Waals surface area contributed by atoms with Gasteiger partial charge in [-0.2, -0.15) is 0 Å². The van der Waals surface area contributed by atoms with Crippen LogP contribution in [0.2, 0.25) is 0 Å². The average Bonchev–Trinajstić information content (AvgIpc) is 3.12. The molecule has 0 bridgehead atoms. The lowest BCUT2D eigenvalue weighted by Crippen LogP contribution is -2.50. The van der Waals surface area contributed by atoms with Crippen LogP contribution in [0.4, 0.5) is 8.78 Å². The topological polar surface area (TPSA) is 66.4 Å². The molecule has 0 heterocycles. The smallest absolute Gasteiger partial charge is 0.328 e. The van der Waals surface area contributed by atoms with Crippen molar-refractivity contribution in [1.29, 1.82) is 0 Å². The maximum absolute atomic E-state index is 13.6. The summed E-state index contributed by atoms with van der Waals surface area (Å²) in [6, 6.07) is 3.85. The van der Waals surface area contributed by atoms with Crippen LogP contribution in [0, 0.1) is 17.6 Å². The predicted octanol–water partition coefficient (Wildman–Crippen LogP) is 2.05. The van der Waals surface area contributed by atoms with Crippen LogP contribution in [-0.4, -0.2) is 22.5 Å². The van der Waals surface area contributed by atoms with Gasteiger partial charge < -0.3 is 10.4 Å². The highest BCUT2D eigenvalue weighted by Crippen LogP contribution is 2.48. The number of amides is 1. The third kappa shape index (κ3) is 2.64. The van der Waals surface area contributed by atoms with Crippen molar-refractivity contribution in [3.63, 3.8) is 0 Å². The number of carboxylic acids is 1. The number of halogens is 2. The Balaban J connectivity index is 2.07. The molecular weight excluding hydrogens is 268 g/mol. The van der Waals surface area contributed by atoms with E-state index in [4.69, 9.17) is 5.11 Å². The first-order valence-corrected chi connectivity index (χ1v) is 6.23. The van der Waals surface area contributed by atoms with Gasteiger partial charge in [0, 0.05) is 5.92 Å². The lowest BCUT2D eigenvalue weighted by molar-refractivity contribution is -0.146. The van der Waals surface area contributed by atoms with Crippen molar-refractivity contribution in [2.75, 3.05) is 0 Å². The quantitative estimate of drug-likeness (QED) is 0.888. The maximum Gasteiger partial charge on any atom is 0.328 e. The van der Waals surface area contributed by atoms with E-state index in [1.54, 1.807) is 0 Å². The second-order valence-corrected chi connectivity index (χ2v) is 5.51. The monoisotopic (exact) mass is 283 g/mol. The van der Waals surface area contributed by atoms with Gasteiger partial charge in [-0.15, -0.1) is 0 Å². The maximum atomic E-state index is 13.6. The van der Waals surface area contributed by atoms with Crippen LogP contribution in [0.1, 0.15) is 31.7 Å². The molecule has 6 heteroatoms. The Morgan fingerprint density at radius 3 is 2.60 bits per heavy atom. The normalized spacial score (nSPS) is 21.4. The van der Waals surface area contributed by atoms with Crippen molar-refractivity contribution < 1.29 is 23.5 Å². The zero-order chi connectivity index (χ0) is 15.1. The van der Waals surface area contributed by atoms with Crippen molar-refractivity contribution in [1.82, 2.24) is 5.32 Å². The molecule has 2 N–H and O–H groups in total. The van der Waals surface area contributed by atoms with E-state index in [9.17, 15) is 18.4 Å². The fraction of sp³-hybridized carbons (Fsp3) is 0.429. The summed E-state index contributed by atoms with van der Waals surface area (Å²) in [6.45, 7) is 2.74. The van der Waals surface area contributed by atoms with Gasteiger partial charge in [-0.05, 0) is 37.8 Å². The molecule has 1 fully saturated rings. The molecule has 0 spiro atoms. The SMILES string of the molecule is CC(C)(NC(=O)[C@H]1C[C@@H]1c1cccc(F)c1F)C(=O)O. The van der Waals surface area contributed by atoms with E-state index in [0.717, 1.165) is 6.07 Å². The minimum Gasteiger partial charge on any atom is -0.480 e. The summed E-state index contributed by atoms with van der Waals surface area (Å²) in [6.07, 6.45) is 0.391. The van der Waals surface area contributed by atoms with Crippen molar-refractivity contribution in [2.24, 2.45) is 5.92 Å². The van der Waals surface area contributed by atoms with Gasteiger partial charge in [-0.1, -0.05) is 12.1 Å². The molecule has 1 aliphatic carbocycles. The number of carbonyl (C=O) groups excluding carboxylic acids is 1. The summed E-state index contributed by atoms with van der Waals surface area (Å²) < 4.78 is 26.7. The third-order valence-electron chi connectivity index (χ3n) is 3.48. The molecular formula is C14H15F2NO3. The Bertz CT molecular complexity index is 572. The van der Waals surface area contributed by atoms with Gasteiger partial charge >= 0.3 is 5.97 Å². The number of nitrogens with one attached hydrogen (secondary N) is 1. The van der Waals surface area contributed by atoms with Crippen molar-refractivity contribution in [2.45, 2.75) is 31.7 Å². The highest BCUT2D eigenvalue weighted by molar-refractivity contribution is 5.89. The summed E-state index contributed by atoms with van der Waals surface area (Å²) in [4.78, 5) is 22.8. The number of carboxylic acid groups (broad SMARTS) is 1. The molecule has 2 atom stereocenters. The number of hydrogen-bond acceptors (Lipinski definition) is 2. The molecule has 0 unspecified atom stereocenters. The zero-order valence-electron chi connectivity index (χ0n) is 11.1. The second-order valence-electron chi connectivity index (χ2n) is 5.51. The van der Waals surface area contributed by atoms with E-state index >= 15 is 0 Å². The molecule has 1 amide bonds. The van der Waals surface area contributed by atoms with E-state index in [1.807, 2.05) is 0 Å². The van der Waals surface area contributed by atoms with Crippen LogP contribution in [0.15, 0.2) is 18.2 Å². The Labute approximate surface area is 114 Å². The number of benzene rings is 1. The Kier molecular flexibility index (Phi) is 3.50. The standard InChI is InChI=1S/C14H15F2NO3/c1-14(2,13(19)20)17-12(18)9-6-8(9)7-4-3-5-10(15)11(7)16/h3-5,8-9H,6H2,1-2H3,(H,17,18)(H,19,20)/t8-,9+/m1/s1. The fourth-order valence-electron chi connectivity index (χ4n) is 2.09. The Morgan fingerprint density at radius 1 is 1.35 bits per heavy atom. The fourth-order valence-corrected chi connectivity index (χ4v) is 2.09. The second kappa shape index (κ2) is 4.85. The minimum absolute atomic E-state index is 0.165. The number of hydrogen-bond donors (Lipinski definition) is 2. The molecule has 1 aromatic rings. The number of rotatable bonds is 4. The van der Waals surface area contributed by atoms with Gasteiger partial charge in [0.05, 0.1) is 0 Å². The highest BCUT2D eigenvalue weighted by atomic mass is 19.2. The number of aliphatic carboxylic acids is 1. The molecule has 1 aromatic carbocycles. The zero-order valence-corrected chi connectivity index (χ0v) is 11.1. The molecule has 0 aromatic heterocycles. The molecule has 0 radical (unpaired) electrons. The minimum atomic E-state index is -1.38. The average molecular weight is 283 g/mol. The molecule has 0 saturated heterocycles. The van der Waals surface area contributed by atoms with Crippen LogP contribution < -0.4 is 5.32 Å². The van der Waals surface area contributed by atoms with Crippen molar-refractivity contribution in [3.05, 3.63) is 35.4 Å². The number of carbonyl (C=O) groups is 2. The highest BCUT2D eigenvalue weighted by Gasteiger charge is 2.47. The van der Waals surface area contributed by atoms with Crippen molar-refractivity contribution >= 4 is 11.9 Å². The van der Waals surface area contributed by atoms with Gasteiger partial charge in [0.1, 0.15) is 5.54 Å².